The predicted molar refractivity (Wildman–Crippen MR) is 84.4 cm³/mol. The van der Waals surface area contributed by atoms with E-state index in [1.54, 1.807) is 0 Å². The molecule has 0 aromatic heterocycles. The second-order valence-electron chi connectivity index (χ2n) is 6.42. The summed E-state index contributed by atoms with van der Waals surface area (Å²) in [6.07, 6.45) is 22.6. The summed E-state index contributed by atoms with van der Waals surface area (Å²) in [4.78, 5) is 0. The van der Waals surface area contributed by atoms with E-state index in [1.165, 1.54) is 96.3 Å². The van der Waals surface area contributed by atoms with Gasteiger partial charge in [-0.2, -0.15) is 11.8 Å². The van der Waals surface area contributed by atoms with E-state index in [1.807, 2.05) is 0 Å². The van der Waals surface area contributed by atoms with Crippen LogP contribution in [0.2, 0.25) is 0 Å². The molecule has 0 aliphatic heterocycles. The Kier molecular flexibility index (Phi) is 7.61. The van der Waals surface area contributed by atoms with Gasteiger partial charge in [-0.05, 0) is 25.7 Å². The molecule has 0 heterocycles. The van der Waals surface area contributed by atoms with Crippen molar-refractivity contribution in [3.8, 4) is 0 Å². The Hall–Kier alpha value is 0.350. The molecule has 0 radical (unpaired) electrons. The molecule has 106 valence electrons. The van der Waals surface area contributed by atoms with Crippen LogP contribution in [-0.4, -0.2) is 10.5 Å². The van der Waals surface area contributed by atoms with Crippen molar-refractivity contribution >= 4 is 11.8 Å². The smallest absolute Gasteiger partial charge is 0.00498 e. The molecule has 0 atom stereocenters. The van der Waals surface area contributed by atoms with Gasteiger partial charge in [0.25, 0.3) is 0 Å². The molecule has 0 N–H and O–H groups in total. The normalized spacial score (nSPS) is 26.7. The standard InChI is InChI=1S/C17H32S/c1-2-5-9-13-16(12-8-4-1)18-17-14-10-6-3-7-11-15-17/h16-17H,1-15H2. The largest absolute Gasteiger partial charge is 0.155 e. The summed E-state index contributed by atoms with van der Waals surface area (Å²) in [5.41, 5.74) is 0. The summed E-state index contributed by atoms with van der Waals surface area (Å²) in [5, 5.41) is 2.02. The Morgan fingerprint density at radius 2 is 0.667 bits per heavy atom. The molecule has 2 rings (SSSR count). The van der Waals surface area contributed by atoms with Gasteiger partial charge in [-0.3, -0.25) is 0 Å². The van der Waals surface area contributed by atoms with Gasteiger partial charge in [-0.25, -0.2) is 0 Å². The molecule has 0 saturated heterocycles. The average Bonchev–Trinajstić information content (AvgIpc) is 2.46. The van der Waals surface area contributed by atoms with Crippen molar-refractivity contribution in [1.82, 2.24) is 0 Å². The maximum absolute atomic E-state index is 2.40. The lowest BCUT2D eigenvalue weighted by molar-refractivity contribution is 0.510. The highest BCUT2D eigenvalue weighted by atomic mass is 32.2. The van der Waals surface area contributed by atoms with Gasteiger partial charge in [0.1, 0.15) is 0 Å². The lowest BCUT2D eigenvalue weighted by Crippen LogP contribution is -2.13. The molecule has 0 aromatic rings. The topological polar surface area (TPSA) is 0 Å². The van der Waals surface area contributed by atoms with E-state index in [2.05, 4.69) is 11.8 Å². The lowest BCUT2D eigenvalue weighted by Gasteiger charge is -2.24. The van der Waals surface area contributed by atoms with Crippen LogP contribution in [0.3, 0.4) is 0 Å². The number of rotatable bonds is 2. The summed E-state index contributed by atoms with van der Waals surface area (Å²) >= 11 is 2.40. The summed E-state index contributed by atoms with van der Waals surface area (Å²) in [5.74, 6) is 0. The van der Waals surface area contributed by atoms with Gasteiger partial charge in [-0.1, -0.05) is 70.6 Å². The Balaban J connectivity index is 1.73. The Labute approximate surface area is 119 Å². The van der Waals surface area contributed by atoms with Gasteiger partial charge in [-0.15, -0.1) is 0 Å². The van der Waals surface area contributed by atoms with Crippen LogP contribution in [0.25, 0.3) is 0 Å². The van der Waals surface area contributed by atoms with Crippen LogP contribution in [0.5, 0.6) is 0 Å². The second kappa shape index (κ2) is 9.28. The van der Waals surface area contributed by atoms with Gasteiger partial charge in [0.05, 0.1) is 0 Å². The Bertz CT molecular complexity index is 184. The van der Waals surface area contributed by atoms with E-state index < -0.39 is 0 Å². The molecular formula is C17H32S. The molecular weight excluding hydrogens is 236 g/mol. The first kappa shape index (κ1) is 14.8. The fourth-order valence-electron chi connectivity index (χ4n) is 3.56. The van der Waals surface area contributed by atoms with Gasteiger partial charge in [0.15, 0.2) is 0 Å². The van der Waals surface area contributed by atoms with Crippen molar-refractivity contribution in [2.24, 2.45) is 0 Å². The zero-order chi connectivity index (χ0) is 12.5. The highest BCUT2D eigenvalue weighted by molar-refractivity contribution is 8.00. The van der Waals surface area contributed by atoms with E-state index in [0.717, 1.165) is 10.5 Å². The van der Waals surface area contributed by atoms with Crippen LogP contribution in [0.4, 0.5) is 0 Å². The van der Waals surface area contributed by atoms with E-state index in [9.17, 15) is 0 Å². The maximum Gasteiger partial charge on any atom is 0.00498 e. The SMILES string of the molecule is C1CCCCC(SC2CCCCCCC2)CCC1. The molecule has 2 aliphatic rings. The lowest BCUT2D eigenvalue weighted by atomic mass is 10.0. The molecule has 18 heavy (non-hydrogen) atoms. The zero-order valence-electron chi connectivity index (χ0n) is 12.2. The first-order chi connectivity index (χ1) is 8.95. The van der Waals surface area contributed by atoms with Crippen LogP contribution >= 0.6 is 11.8 Å². The summed E-state index contributed by atoms with van der Waals surface area (Å²) in [7, 11) is 0. The molecule has 0 nitrogen and oxygen atoms in total. The molecule has 0 aromatic carbocycles. The van der Waals surface area contributed by atoms with Crippen molar-refractivity contribution in [3.05, 3.63) is 0 Å². The monoisotopic (exact) mass is 268 g/mol. The predicted octanol–water partition coefficient (Wildman–Crippen LogP) is 6.34. The van der Waals surface area contributed by atoms with Crippen LogP contribution < -0.4 is 0 Å². The molecule has 2 fully saturated rings. The van der Waals surface area contributed by atoms with Crippen LogP contribution in [0.15, 0.2) is 0 Å². The molecule has 1 heteroatoms. The summed E-state index contributed by atoms with van der Waals surface area (Å²) in [6.45, 7) is 0. The zero-order valence-corrected chi connectivity index (χ0v) is 13.0. The first-order valence-electron chi connectivity index (χ1n) is 8.60. The third kappa shape index (κ3) is 5.99. The molecule has 0 spiro atoms. The van der Waals surface area contributed by atoms with Crippen molar-refractivity contribution in [2.75, 3.05) is 0 Å². The molecule has 2 aliphatic carbocycles. The highest BCUT2D eigenvalue weighted by Gasteiger charge is 2.18. The van der Waals surface area contributed by atoms with E-state index in [-0.39, 0.29) is 0 Å². The van der Waals surface area contributed by atoms with Gasteiger partial charge >= 0.3 is 0 Å². The number of thioether (sulfide) groups is 1. The minimum atomic E-state index is 1.01. The molecule has 0 bridgehead atoms. The summed E-state index contributed by atoms with van der Waals surface area (Å²) < 4.78 is 0. The molecule has 0 unspecified atom stereocenters. The quantitative estimate of drug-likeness (QED) is 0.563. The van der Waals surface area contributed by atoms with E-state index in [4.69, 9.17) is 0 Å². The van der Waals surface area contributed by atoms with Gasteiger partial charge in [0, 0.05) is 10.5 Å². The average molecular weight is 269 g/mol. The van der Waals surface area contributed by atoms with Gasteiger partial charge < -0.3 is 0 Å². The Morgan fingerprint density at radius 3 is 1.00 bits per heavy atom. The first-order valence-corrected chi connectivity index (χ1v) is 9.55. The van der Waals surface area contributed by atoms with Crippen molar-refractivity contribution in [1.29, 1.82) is 0 Å². The molecule has 0 amide bonds. The highest BCUT2D eigenvalue weighted by Crippen LogP contribution is 2.34. The third-order valence-corrected chi connectivity index (χ3v) is 6.45. The van der Waals surface area contributed by atoms with Gasteiger partial charge in [0.2, 0.25) is 0 Å². The third-order valence-electron chi connectivity index (χ3n) is 4.74. The minimum absolute atomic E-state index is 1.01. The maximum atomic E-state index is 2.40. The fraction of sp³-hybridized carbons (Fsp3) is 1.00. The minimum Gasteiger partial charge on any atom is -0.155 e. The van der Waals surface area contributed by atoms with E-state index in [0.29, 0.717) is 0 Å². The number of hydrogen-bond donors (Lipinski definition) is 0. The number of hydrogen-bond acceptors (Lipinski definition) is 1. The Morgan fingerprint density at radius 1 is 0.389 bits per heavy atom. The molecule has 2 saturated carbocycles. The van der Waals surface area contributed by atoms with Crippen LogP contribution in [0, 0.1) is 0 Å². The van der Waals surface area contributed by atoms with Crippen molar-refractivity contribution < 1.29 is 0 Å². The fourth-order valence-corrected chi connectivity index (χ4v) is 5.31. The second-order valence-corrected chi connectivity index (χ2v) is 8.03. The van der Waals surface area contributed by atoms with E-state index >= 15 is 0 Å². The van der Waals surface area contributed by atoms with Crippen molar-refractivity contribution in [3.63, 3.8) is 0 Å². The summed E-state index contributed by atoms with van der Waals surface area (Å²) in [6, 6.07) is 0. The van der Waals surface area contributed by atoms with Crippen molar-refractivity contribution in [2.45, 2.75) is 107 Å². The van der Waals surface area contributed by atoms with Crippen LogP contribution in [-0.2, 0) is 0 Å². The van der Waals surface area contributed by atoms with Crippen LogP contribution in [0.1, 0.15) is 96.3 Å².